The van der Waals surface area contributed by atoms with Crippen molar-refractivity contribution in [3.63, 3.8) is 0 Å². The van der Waals surface area contributed by atoms with E-state index in [9.17, 15) is 43.2 Å². The molecule has 6 atom stereocenters. The quantitative estimate of drug-likeness (QED) is 0.0222. The van der Waals surface area contributed by atoms with Crippen LogP contribution in [0.3, 0.4) is 0 Å². The number of rotatable bonds is 80. The van der Waals surface area contributed by atoms with Gasteiger partial charge in [0.15, 0.2) is 12.2 Å². The van der Waals surface area contributed by atoms with E-state index in [2.05, 4.69) is 41.5 Å². The smallest absolute Gasteiger partial charge is 0.462 e. The number of hydrogen-bond acceptors (Lipinski definition) is 15. The third kappa shape index (κ3) is 73.0. The summed E-state index contributed by atoms with van der Waals surface area (Å²) in [6, 6.07) is 0. The Morgan fingerprint density at radius 1 is 0.290 bits per heavy atom. The van der Waals surface area contributed by atoms with Crippen molar-refractivity contribution in [2.45, 2.75) is 445 Å². The molecular formula is C81H158O17P2. The zero-order valence-electron chi connectivity index (χ0n) is 65.5. The van der Waals surface area contributed by atoms with Crippen molar-refractivity contribution in [3.8, 4) is 0 Å². The van der Waals surface area contributed by atoms with E-state index >= 15 is 0 Å². The maximum Gasteiger partial charge on any atom is 0.472 e. The van der Waals surface area contributed by atoms with Gasteiger partial charge in [-0.2, -0.15) is 0 Å². The highest BCUT2D eigenvalue weighted by atomic mass is 31.2. The van der Waals surface area contributed by atoms with Crippen LogP contribution in [0, 0.1) is 11.8 Å². The fourth-order valence-corrected chi connectivity index (χ4v) is 14.1. The topological polar surface area (TPSA) is 237 Å². The molecule has 594 valence electrons. The van der Waals surface area contributed by atoms with Gasteiger partial charge in [-0.3, -0.25) is 37.3 Å². The molecule has 0 amide bonds. The molecule has 0 bridgehead atoms. The lowest BCUT2D eigenvalue weighted by atomic mass is 9.99. The first-order valence-corrected chi connectivity index (χ1v) is 45.0. The summed E-state index contributed by atoms with van der Waals surface area (Å²) in [6.45, 7) is 9.60. The number of phosphoric acid groups is 2. The standard InChI is InChI=1S/C81H158O17P2/c1-7-10-12-14-16-18-20-22-24-25-26-27-28-29-30-31-33-35-41-47-54-60-66-80(85)97-76(69-91-78(83)63-57-51-45-39-37-36-38-44-50-56-62-74(6)9-3)71-95-99(87,88)93-67-75(82)68-94-100(89,90)96-72-77(70-92-79(84)64-58-52-48-42-43-49-55-61-73(4)5)98-81(86)65-59-53-46-40-34-32-23-21-19-17-15-13-11-8-2/h73-77,82H,7-72H2,1-6H3,(H,87,88)(H,89,90)/t74?,75-,76-,77-/m1/s1. The Bertz CT molecular complexity index is 1930. The third-order valence-electron chi connectivity index (χ3n) is 19.3. The maximum absolute atomic E-state index is 13.1. The first kappa shape index (κ1) is 98.1. The third-order valence-corrected chi connectivity index (χ3v) is 21.2. The normalized spacial score (nSPS) is 14.2. The first-order valence-electron chi connectivity index (χ1n) is 42.0. The Labute approximate surface area is 613 Å². The molecular weight excluding hydrogens is 1310 g/mol. The monoisotopic (exact) mass is 1470 g/mol. The van der Waals surface area contributed by atoms with E-state index in [0.717, 1.165) is 102 Å². The highest BCUT2D eigenvalue weighted by Crippen LogP contribution is 2.45. The molecule has 0 spiro atoms. The lowest BCUT2D eigenvalue weighted by Gasteiger charge is -2.21. The van der Waals surface area contributed by atoms with Crippen molar-refractivity contribution in [1.82, 2.24) is 0 Å². The molecule has 19 heteroatoms. The summed E-state index contributed by atoms with van der Waals surface area (Å²) in [5.41, 5.74) is 0. The Hall–Kier alpha value is -1.94. The second kappa shape index (κ2) is 72.6. The van der Waals surface area contributed by atoms with Crippen molar-refractivity contribution < 1.29 is 80.2 Å². The Morgan fingerprint density at radius 3 is 0.760 bits per heavy atom. The number of carbonyl (C=O) groups excluding carboxylic acids is 4. The summed E-state index contributed by atoms with van der Waals surface area (Å²) >= 11 is 0. The average Bonchev–Trinajstić information content (AvgIpc) is 0.925. The Balaban J connectivity index is 5.21. The van der Waals surface area contributed by atoms with E-state index < -0.39 is 97.5 Å². The molecule has 0 aliphatic rings. The Morgan fingerprint density at radius 2 is 0.510 bits per heavy atom. The molecule has 0 saturated heterocycles. The van der Waals surface area contributed by atoms with Crippen molar-refractivity contribution in [1.29, 1.82) is 0 Å². The molecule has 0 fully saturated rings. The summed E-state index contributed by atoms with van der Waals surface area (Å²) in [7, 11) is -9.92. The van der Waals surface area contributed by atoms with Crippen LogP contribution in [0.2, 0.25) is 0 Å². The predicted octanol–water partition coefficient (Wildman–Crippen LogP) is 24.3. The zero-order chi connectivity index (χ0) is 73.5. The van der Waals surface area contributed by atoms with Crippen LogP contribution in [0.5, 0.6) is 0 Å². The number of unbranched alkanes of at least 4 members (excludes halogenated alkanes) is 49. The van der Waals surface area contributed by atoms with Gasteiger partial charge in [0, 0.05) is 25.7 Å². The molecule has 0 saturated carbocycles. The minimum atomic E-state index is -4.96. The summed E-state index contributed by atoms with van der Waals surface area (Å²) in [5, 5.41) is 10.6. The molecule has 0 aromatic heterocycles. The summed E-state index contributed by atoms with van der Waals surface area (Å²) in [5.74, 6) is -0.596. The van der Waals surface area contributed by atoms with Gasteiger partial charge in [-0.15, -0.1) is 0 Å². The number of carbonyl (C=O) groups is 4. The fraction of sp³-hybridized carbons (Fsp3) is 0.951. The summed E-state index contributed by atoms with van der Waals surface area (Å²) in [6.07, 6.45) is 62.5. The molecule has 17 nitrogen and oxygen atoms in total. The average molecular weight is 1470 g/mol. The maximum atomic E-state index is 13.1. The van der Waals surface area contributed by atoms with Crippen LogP contribution in [-0.2, 0) is 65.4 Å². The van der Waals surface area contributed by atoms with Gasteiger partial charge in [0.2, 0.25) is 0 Å². The molecule has 0 radical (unpaired) electrons. The molecule has 3 N–H and O–H groups in total. The van der Waals surface area contributed by atoms with E-state index in [1.807, 2.05) is 0 Å². The van der Waals surface area contributed by atoms with Crippen LogP contribution in [0.4, 0.5) is 0 Å². The molecule has 0 aliphatic heterocycles. The van der Waals surface area contributed by atoms with Crippen molar-refractivity contribution in [2.75, 3.05) is 39.6 Å². The van der Waals surface area contributed by atoms with Gasteiger partial charge in [-0.05, 0) is 37.5 Å². The summed E-state index contributed by atoms with van der Waals surface area (Å²) < 4.78 is 68.7. The lowest BCUT2D eigenvalue weighted by molar-refractivity contribution is -0.161. The Kier molecular flexibility index (Phi) is 71.2. The van der Waals surface area contributed by atoms with Crippen molar-refractivity contribution >= 4 is 39.5 Å². The molecule has 0 aromatic rings. The molecule has 0 aliphatic carbocycles. The van der Waals surface area contributed by atoms with Gasteiger partial charge in [0.05, 0.1) is 26.4 Å². The van der Waals surface area contributed by atoms with E-state index in [4.69, 9.17) is 37.0 Å². The van der Waals surface area contributed by atoms with Crippen LogP contribution in [-0.4, -0.2) is 96.7 Å². The van der Waals surface area contributed by atoms with Crippen molar-refractivity contribution in [3.05, 3.63) is 0 Å². The van der Waals surface area contributed by atoms with Gasteiger partial charge in [0.25, 0.3) is 0 Å². The van der Waals surface area contributed by atoms with Crippen molar-refractivity contribution in [2.24, 2.45) is 11.8 Å². The predicted molar refractivity (Wildman–Crippen MR) is 409 cm³/mol. The molecule has 0 rings (SSSR count). The van der Waals surface area contributed by atoms with E-state index in [1.54, 1.807) is 0 Å². The van der Waals surface area contributed by atoms with E-state index in [1.165, 1.54) is 238 Å². The van der Waals surface area contributed by atoms with E-state index in [0.29, 0.717) is 31.6 Å². The largest absolute Gasteiger partial charge is 0.472 e. The minimum absolute atomic E-state index is 0.107. The van der Waals surface area contributed by atoms with Crippen LogP contribution >= 0.6 is 15.6 Å². The molecule has 100 heavy (non-hydrogen) atoms. The van der Waals surface area contributed by atoms with E-state index in [-0.39, 0.29) is 25.7 Å². The number of aliphatic hydroxyl groups excluding tert-OH is 1. The van der Waals surface area contributed by atoms with Gasteiger partial charge < -0.3 is 33.8 Å². The number of hydrogen-bond donors (Lipinski definition) is 3. The second-order valence-electron chi connectivity index (χ2n) is 29.9. The van der Waals surface area contributed by atoms with Gasteiger partial charge in [-0.1, -0.05) is 375 Å². The van der Waals surface area contributed by atoms with Gasteiger partial charge in [0.1, 0.15) is 19.3 Å². The molecule has 0 aromatic carbocycles. The van der Waals surface area contributed by atoms with Gasteiger partial charge >= 0.3 is 39.5 Å². The fourth-order valence-electron chi connectivity index (χ4n) is 12.5. The van der Waals surface area contributed by atoms with Crippen LogP contribution < -0.4 is 0 Å². The van der Waals surface area contributed by atoms with Gasteiger partial charge in [-0.25, -0.2) is 9.13 Å². The second-order valence-corrected chi connectivity index (χ2v) is 32.8. The number of esters is 4. The highest BCUT2D eigenvalue weighted by Gasteiger charge is 2.30. The lowest BCUT2D eigenvalue weighted by Crippen LogP contribution is -2.30. The zero-order valence-corrected chi connectivity index (χ0v) is 67.3. The summed E-state index contributed by atoms with van der Waals surface area (Å²) in [4.78, 5) is 73.0. The molecule has 0 heterocycles. The first-order chi connectivity index (χ1) is 48.4. The number of ether oxygens (including phenoxy) is 4. The van der Waals surface area contributed by atoms with Crippen LogP contribution in [0.25, 0.3) is 0 Å². The minimum Gasteiger partial charge on any atom is -0.462 e. The number of aliphatic hydroxyl groups is 1. The highest BCUT2D eigenvalue weighted by molar-refractivity contribution is 7.47. The van der Waals surface area contributed by atoms with Crippen LogP contribution in [0.15, 0.2) is 0 Å². The number of phosphoric ester groups is 2. The SMILES string of the molecule is CCCCCCCCCCCCCCCCCCCCCCCCC(=O)O[C@H](COC(=O)CCCCCCCCCCCCC(C)CC)COP(=O)(O)OC[C@@H](O)COP(=O)(O)OC[C@@H](COC(=O)CCCCCCCCCC(C)C)OC(=O)CCCCCCCCCCCCCCCC. The molecule has 3 unspecified atom stereocenters. The van der Waals surface area contributed by atoms with Crippen LogP contribution in [0.1, 0.15) is 427 Å².